The maximum absolute atomic E-state index is 12.5. The lowest BCUT2D eigenvalue weighted by Crippen LogP contribution is -2.38. The van der Waals surface area contributed by atoms with Crippen LogP contribution >= 0.6 is 23.2 Å². The van der Waals surface area contributed by atoms with Gasteiger partial charge in [0.15, 0.2) is 0 Å². The summed E-state index contributed by atoms with van der Waals surface area (Å²) in [6.45, 7) is 1.38. The maximum atomic E-state index is 12.5. The lowest BCUT2D eigenvalue weighted by molar-refractivity contribution is -0.128. The molecule has 0 aromatic heterocycles. The zero-order valence-electron chi connectivity index (χ0n) is 14.6. The van der Waals surface area contributed by atoms with Gasteiger partial charge in [0.1, 0.15) is 0 Å². The number of carbonyl (C=O) groups excluding carboxylic acids is 2. The highest BCUT2D eigenvalue weighted by Crippen LogP contribution is 2.30. The Morgan fingerprint density at radius 1 is 0.962 bits per heavy atom. The minimum atomic E-state index is -0.0880. The molecule has 5 nitrogen and oxygen atoms in total. The van der Waals surface area contributed by atoms with E-state index >= 15 is 0 Å². The molecule has 1 unspecified atom stereocenters. The van der Waals surface area contributed by atoms with Gasteiger partial charge in [-0.1, -0.05) is 23.2 Å². The summed E-state index contributed by atoms with van der Waals surface area (Å²) in [5.41, 5.74) is 0.601. The monoisotopic (exact) mass is 398 g/mol. The Morgan fingerprint density at radius 2 is 1.58 bits per heavy atom. The number of hydrogen-bond acceptors (Lipinski definition) is 3. The van der Waals surface area contributed by atoms with Crippen LogP contribution < -0.4 is 10.6 Å². The summed E-state index contributed by atoms with van der Waals surface area (Å²) in [5, 5.41) is 6.84. The van der Waals surface area contributed by atoms with E-state index in [-0.39, 0.29) is 29.8 Å². The molecule has 1 aromatic rings. The summed E-state index contributed by atoms with van der Waals surface area (Å²) in [5.74, 6) is -0.0569. The summed E-state index contributed by atoms with van der Waals surface area (Å²) < 4.78 is 5.53. The number of anilines is 1. The van der Waals surface area contributed by atoms with Crippen molar-refractivity contribution in [3.8, 4) is 0 Å². The van der Waals surface area contributed by atoms with Gasteiger partial charge in [0.2, 0.25) is 11.8 Å². The van der Waals surface area contributed by atoms with Crippen LogP contribution in [0.2, 0.25) is 10.0 Å². The molecule has 7 heteroatoms. The largest absolute Gasteiger partial charge is 0.376 e. The van der Waals surface area contributed by atoms with Crippen molar-refractivity contribution in [2.75, 3.05) is 18.5 Å². The molecule has 2 fully saturated rings. The molecule has 0 bridgehead atoms. The fourth-order valence-corrected chi connectivity index (χ4v) is 4.18. The molecule has 2 N–H and O–H groups in total. The van der Waals surface area contributed by atoms with Gasteiger partial charge in [-0.25, -0.2) is 0 Å². The molecule has 142 valence electrons. The number of amides is 2. The van der Waals surface area contributed by atoms with Gasteiger partial charge < -0.3 is 15.4 Å². The number of hydrogen-bond donors (Lipinski definition) is 2. The fraction of sp³-hybridized carbons (Fsp3) is 0.579. The summed E-state index contributed by atoms with van der Waals surface area (Å²) in [6.07, 6.45) is 5.11. The second kappa shape index (κ2) is 9.07. The highest BCUT2D eigenvalue weighted by atomic mass is 35.5. The number of carbonyl (C=O) groups is 2. The highest BCUT2D eigenvalue weighted by molar-refractivity contribution is 6.35. The molecule has 1 heterocycles. The lowest BCUT2D eigenvalue weighted by atomic mass is 9.81. The van der Waals surface area contributed by atoms with E-state index in [1.807, 2.05) is 0 Å². The molecule has 1 saturated carbocycles. The number of rotatable bonds is 5. The van der Waals surface area contributed by atoms with E-state index in [4.69, 9.17) is 27.9 Å². The first-order valence-electron chi connectivity index (χ1n) is 9.17. The van der Waals surface area contributed by atoms with Gasteiger partial charge in [0.25, 0.3) is 0 Å². The first-order chi connectivity index (χ1) is 12.5. The lowest BCUT2D eigenvalue weighted by Gasteiger charge is -2.27. The molecular weight excluding hydrogens is 375 g/mol. The van der Waals surface area contributed by atoms with Crippen molar-refractivity contribution >= 4 is 40.7 Å². The first-order valence-corrected chi connectivity index (χ1v) is 9.93. The van der Waals surface area contributed by atoms with Gasteiger partial charge in [0.05, 0.1) is 6.10 Å². The summed E-state index contributed by atoms with van der Waals surface area (Å²) in [6, 6.07) is 4.98. The van der Waals surface area contributed by atoms with E-state index in [0.29, 0.717) is 35.1 Å². The van der Waals surface area contributed by atoms with E-state index in [0.717, 1.165) is 32.3 Å². The molecule has 26 heavy (non-hydrogen) atoms. The molecule has 3 rings (SSSR count). The molecule has 1 saturated heterocycles. The molecule has 2 aliphatic rings. The van der Waals surface area contributed by atoms with Crippen LogP contribution in [0, 0.1) is 11.8 Å². The fourth-order valence-electron chi connectivity index (χ4n) is 3.65. The normalized spacial score (nSPS) is 25.7. The van der Waals surface area contributed by atoms with Crippen molar-refractivity contribution in [1.29, 1.82) is 0 Å². The molecule has 1 aromatic carbocycles. The van der Waals surface area contributed by atoms with Crippen molar-refractivity contribution < 1.29 is 14.3 Å². The molecular formula is C19H24Cl2N2O3. The summed E-state index contributed by atoms with van der Waals surface area (Å²) in [4.78, 5) is 24.8. The third kappa shape index (κ3) is 5.35. The molecule has 1 atom stereocenters. The Bertz CT molecular complexity index is 634. The Kier molecular flexibility index (Phi) is 6.79. The number of benzene rings is 1. The molecule has 2 amide bonds. The highest BCUT2D eigenvalue weighted by Gasteiger charge is 2.30. The van der Waals surface area contributed by atoms with E-state index in [1.165, 1.54) is 0 Å². The van der Waals surface area contributed by atoms with Gasteiger partial charge in [-0.3, -0.25) is 9.59 Å². The quantitative estimate of drug-likeness (QED) is 0.786. The SMILES string of the molecule is O=C(NCC1CCCO1)C1CCC(C(=O)Nc2cc(Cl)cc(Cl)c2)CC1. The molecule has 1 aliphatic heterocycles. The van der Waals surface area contributed by atoms with E-state index < -0.39 is 0 Å². The number of nitrogens with one attached hydrogen (secondary N) is 2. The Hall–Kier alpha value is -1.30. The van der Waals surface area contributed by atoms with Crippen LogP contribution in [0.15, 0.2) is 18.2 Å². The van der Waals surface area contributed by atoms with E-state index in [9.17, 15) is 9.59 Å². The van der Waals surface area contributed by atoms with Crippen LogP contribution in [0.4, 0.5) is 5.69 Å². The van der Waals surface area contributed by atoms with Crippen LogP contribution in [0.5, 0.6) is 0 Å². The zero-order valence-corrected chi connectivity index (χ0v) is 16.1. The van der Waals surface area contributed by atoms with Gasteiger partial charge in [-0.15, -0.1) is 0 Å². The Balaban J connectivity index is 1.43. The topological polar surface area (TPSA) is 67.4 Å². The van der Waals surface area contributed by atoms with Crippen molar-refractivity contribution in [3.05, 3.63) is 28.2 Å². The second-order valence-electron chi connectivity index (χ2n) is 7.08. The predicted molar refractivity (Wildman–Crippen MR) is 103 cm³/mol. The molecule has 0 spiro atoms. The number of ether oxygens (including phenoxy) is 1. The average molecular weight is 399 g/mol. The van der Waals surface area contributed by atoms with E-state index in [1.54, 1.807) is 18.2 Å². The zero-order chi connectivity index (χ0) is 18.5. The van der Waals surface area contributed by atoms with Crippen LogP contribution in [-0.2, 0) is 14.3 Å². The Morgan fingerprint density at radius 3 is 2.15 bits per heavy atom. The number of halogens is 2. The second-order valence-corrected chi connectivity index (χ2v) is 7.95. The predicted octanol–water partition coefficient (Wildman–Crippen LogP) is 4.03. The van der Waals surface area contributed by atoms with Crippen molar-refractivity contribution in [1.82, 2.24) is 5.32 Å². The van der Waals surface area contributed by atoms with Crippen LogP contribution in [0.1, 0.15) is 38.5 Å². The smallest absolute Gasteiger partial charge is 0.227 e. The van der Waals surface area contributed by atoms with E-state index in [2.05, 4.69) is 10.6 Å². The van der Waals surface area contributed by atoms with Crippen LogP contribution in [0.3, 0.4) is 0 Å². The van der Waals surface area contributed by atoms with Gasteiger partial charge in [0, 0.05) is 40.7 Å². The van der Waals surface area contributed by atoms with Gasteiger partial charge in [-0.2, -0.15) is 0 Å². The van der Waals surface area contributed by atoms with Crippen molar-refractivity contribution in [2.24, 2.45) is 11.8 Å². The standard InChI is InChI=1S/C19H24Cl2N2O3/c20-14-8-15(21)10-16(9-14)23-19(25)13-5-3-12(4-6-13)18(24)22-11-17-2-1-7-26-17/h8-10,12-13,17H,1-7,11H2,(H,22,24)(H,23,25). The van der Waals surface area contributed by atoms with Gasteiger partial charge >= 0.3 is 0 Å². The molecule has 1 aliphatic carbocycles. The first kappa shape index (κ1) is 19.5. The summed E-state index contributed by atoms with van der Waals surface area (Å²) >= 11 is 11.9. The van der Waals surface area contributed by atoms with Crippen molar-refractivity contribution in [3.63, 3.8) is 0 Å². The Labute approximate surface area is 163 Å². The third-order valence-corrected chi connectivity index (χ3v) is 5.56. The van der Waals surface area contributed by atoms with Crippen molar-refractivity contribution in [2.45, 2.75) is 44.6 Å². The van der Waals surface area contributed by atoms with Gasteiger partial charge in [-0.05, 0) is 56.7 Å². The molecule has 0 radical (unpaired) electrons. The summed E-state index contributed by atoms with van der Waals surface area (Å²) in [7, 11) is 0. The maximum Gasteiger partial charge on any atom is 0.227 e. The minimum Gasteiger partial charge on any atom is -0.376 e. The minimum absolute atomic E-state index is 0.0129. The van der Waals surface area contributed by atoms with Crippen LogP contribution in [0.25, 0.3) is 0 Å². The average Bonchev–Trinajstić information content (AvgIpc) is 3.12. The third-order valence-electron chi connectivity index (χ3n) is 5.13. The van der Waals surface area contributed by atoms with Crippen LogP contribution in [-0.4, -0.2) is 31.1 Å².